The second-order valence-corrected chi connectivity index (χ2v) is 3.83. The van der Waals surface area contributed by atoms with Gasteiger partial charge in [0.1, 0.15) is 0 Å². The molecule has 0 radical (unpaired) electrons. The summed E-state index contributed by atoms with van der Waals surface area (Å²) in [4.78, 5) is 0. The molecule has 2 aliphatic rings. The minimum atomic E-state index is 0.902. The van der Waals surface area contributed by atoms with Gasteiger partial charge in [-0.2, -0.15) is 0 Å². The van der Waals surface area contributed by atoms with Crippen molar-refractivity contribution in [2.45, 2.75) is 33.1 Å². The zero-order chi connectivity index (χ0) is 5.78. The van der Waals surface area contributed by atoms with Gasteiger partial charge in [0.05, 0.1) is 0 Å². The Hall–Kier alpha value is 0. The van der Waals surface area contributed by atoms with Crippen molar-refractivity contribution >= 4 is 0 Å². The number of hydrogen-bond donors (Lipinski definition) is 0. The van der Waals surface area contributed by atoms with E-state index in [1.54, 1.807) is 12.8 Å². The van der Waals surface area contributed by atoms with Gasteiger partial charge >= 0.3 is 0 Å². The Morgan fingerprint density at radius 3 is 2.00 bits per heavy atom. The molecular formula is C8H14. The van der Waals surface area contributed by atoms with Gasteiger partial charge in [-0.3, -0.25) is 0 Å². The van der Waals surface area contributed by atoms with E-state index in [2.05, 4.69) is 13.8 Å². The third-order valence-corrected chi connectivity index (χ3v) is 3.44. The summed E-state index contributed by atoms with van der Waals surface area (Å²) in [7, 11) is 0. The van der Waals surface area contributed by atoms with E-state index in [-0.39, 0.29) is 0 Å². The average Bonchev–Trinajstić information content (AvgIpc) is 2.49. The van der Waals surface area contributed by atoms with E-state index < -0.39 is 0 Å². The molecule has 0 heteroatoms. The highest BCUT2D eigenvalue weighted by Crippen LogP contribution is 2.66. The summed E-state index contributed by atoms with van der Waals surface area (Å²) >= 11 is 0. The zero-order valence-corrected chi connectivity index (χ0v) is 5.78. The highest BCUT2D eigenvalue weighted by molar-refractivity contribution is 5.06. The van der Waals surface area contributed by atoms with Gasteiger partial charge in [-0.05, 0) is 36.5 Å². The molecule has 2 rings (SSSR count). The topological polar surface area (TPSA) is 0 Å². The second kappa shape index (κ2) is 1.12. The SMILES string of the molecule is CC1CC2(CC2)C1C. The highest BCUT2D eigenvalue weighted by Gasteiger charge is 2.56. The van der Waals surface area contributed by atoms with Crippen LogP contribution in [-0.4, -0.2) is 0 Å². The van der Waals surface area contributed by atoms with Gasteiger partial charge in [0, 0.05) is 0 Å². The molecule has 0 N–H and O–H groups in total. The molecule has 0 aromatic rings. The van der Waals surface area contributed by atoms with Crippen molar-refractivity contribution in [3.8, 4) is 0 Å². The Kier molecular flexibility index (Phi) is 0.678. The first-order valence-corrected chi connectivity index (χ1v) is 3.75. The van der Waals surface area contributed by atoms with Crippen LogP contribution in [0.2, 0.25) is 0 Å². The first-order chi connectivity index (χ1) is 3.75. The van der Waals surface area contributed by atoms with Gasteiger partial charge in [0.25, 0.3) is 0 Å². The van der Waals surface area contributed by atoms with Crippen LogP contribution in [0.1, 0.15) is 33.1 Å². The van der Waals surface area contributed by atoms with Gasteiger partial charge in [0.2, 0.25) is 0 Å². The fourth-order valence-corrected chi connectivity index (χ4v) is 2.27. The van der Waals surface area contributed by atoms with Gasteiger partial charge in [0.15, 0.2) is 0 Å². The van der Waals surface area contributed by atoms with Crippen LogP contribution in [0, 0.1) is 17.3 Å². The molecule has 0 nitrogen and oxygen atoms in total. The van der Waals surface area contributed by atoms with E-state index in [0.29, 0.717) is 0 Å². The van der Waals surface area contributed by atoms with Crippen LogP contribution in [0.15, 0.2) is 0 Å². The lowest BCUT2D eigenvalue weighted by Crippen LogP contribution is -2.33. The van der Waals surface area contributed by atoms with Gasteiger partial charge in [-0.25, -0.2) is 0 Å². The molecule has 2 unspecified atom stereocenters. The molecule has 46 valence electrons. The van der Waals surface area contributed by atoms with Gasteiger partial charge in [-0.1, -0.05) is 13.8 Å². The standard InChI is InChI=1S/C8H14/c1-6-5-8(3-4-8)7(6)2/h6-7H,3-5H2,1-2H3. The van der Waals surface area contributed by atoms with Crippen LogP contribution in [0.25, 0.3) is 0 Å². The van der Waals surface area contributed by atoms with Crippen molar-refractivity contribution in [2.75, 3.05) is 0 Å². The Labute approximate surface area is 51.3 Å². The lowest BCUT2D eigenvalue weighted by atomic mass is 9.64. The Morgan fingerprint density at radius 1 is 1.25 bits per heavy atom. The van der Waals surface area contributed by atoms with Crippen molar-refractivity contribution in [3.63, 3.8) is 0 Å². The molecule has 1 spiro atoms. The lowest BCUT2D eigenvalue weighted by molar-refractivity contribution is 0.0788. The smallest absolute Gasteiger partial charge is 0.0266 e. The predicted molar refractivity (Wildman–Crippen MR) is 34.6 cm³/mol. The monoisotopic (exact) mass is 110 g/mol. The van der Waals surface area contributed by atoms with Crippen LogP contribution in [0.5, 0.6) is 0 Å². The quantitative estimate of drug-likeness (QED) is 0.449. The van der Waals surface area contributed by atoms with E-state index in [9.17, 15) is 0 Å². The van der Waals surface area contributed by atoms with E-state index in [4.69, 9.17) is 0 Å². The molecule has 2 atom stereocenters. The molecule has 0 amide bonds. The minimum absolute atomic E-state index is 0.902. The molecular weight excluding hydrogens is 96.1 g/mol. The third-order valence-electron chi connectivity index (χ3n) is 3.44. The minimum Gasteiger partial charge on any atom is -0.0622 e. The van der Waals surface area contributed by atoms with Crippen molar-refractivity contribution < 1.29 is 0 Å². The van der Waals surface area contributed by atoms with Crippen molar-refractivity contribution in [1.82, 2.24) is 0 Å². The van der Waals surface area contributed by atoms with E-state index in [1.165, 1.54) is 6.42 Å². The van der Waals surface area contributed by atoms with Crippen molar-refractivity contribution in [1.29, 1.82) is 0 Å². The normalized spacial score (nSPS) is 48.8. The van der Waals surface area contributed by atoms with Crippen LogP contribution in [-0.2, 0) is 0 Å². The maximum Gasteiger partial charge on any atom is -0.0266 e. The molecule has 2 saturated carbocycles. The van der Waals surface area contributed by atoms with Crippen LogP contribution in [0.4, 0.5) is 0 Å². The third kappa shape index (κ3) is 0.375. The Bertz CT molecular complexity index is 111. The molecule has 8 heavy (non-hydrogen) atoms. The second-order valence-electron chi connectivity index (χ2n) is 3.83. The summed E-state index contributed by atoms with van der Waals surface area (Å²) in [6.45, 7) is 4.80. The molecule has 2 fully saturated rings. The van der Waals surface area contributed by atoms with Gasteiger partial charge < -0.3 is 0 Å². The summed E-state index contributed by atoms with van der Waals surface area (Å²) in [5.74, 6) is 2.10. The lowest BCUT2D eigenvalue weighted by Gasteiger charge is -2.41. The zero-order valence-electron chi connectivity index (χ0n) is 5.78. The average molecular weight is 110 g/mol. The molecule has 0 heterocycles. The summed E-state index contributed by atoms with van der Waals surface area (Å²) in [6.07, 6.45) is 4.62. The van der Waals surface area contributed by atoms with Crippen molar-refractivity contribution in [3.05, 3.63) is 0 Å². The molecule has 0 aromatic carbocycles. The molecule has 2 aliphatic carbocycles. The maximum absolute atomic E-state index is 2.42. The fraction of sp³-hybridized carbons (Fsp3) is 1.00. The number of rotatable bonds is 0. The summed E-state index contributed by atoms with van der Waals surface area (Å²) < 4.78 is 0. The van der Waals surface area contributed by atoms with E-state index in [0.717, 1.165) is 17.3 Å². The molecule has 0 saturated heterocycles. The van der Waals surface area contributed by atoms with Gasteiger partial charge in [-0.15, -0.1) is 0 Å². The van der Waals surface area contributed by atoms with E-state index >= 15 is 0 Å². The fourth-order valence-electron chi connectivity index (χ4n) is 2.27. The first kappa shape index (κ1) is 4.84. The highest BCUT2D eigenvalue weighted by atomic mass is 14.6. The van der Waals surface area contributed by atoms with Crippen LogP contribution >= 0.6 is 0 Å². The predicted octanol–water partition coefficient (Wildman–Crippen LogP) is 2.44. The van der Waals surface area contributed by atoms with Crippen molar-refractivity contribution in [2.24, 2.45) is 17.3 Å². The van der Waals surface area contributed by atoms with Crippen LogP contribution in [0.3, 0.4) is 0 Å². The molecule has 0 bridgehead atoms. The molecule has 0 aliphatic heterocycles. The Morgan fingerprint density at radius 2 is 1.88 bits per heavy atom. The van der Waals surface area contributed by atoms with Crippen LogP contribution < -0.4 is 0 Å². The van der Waals surface area contributed by atoms with E-state index in [1.807, 2.05) is 0 Å². The Balaban J connectivity index is 2.06. The molecule has 0 aromatic heterocycles. The maximum atomic E-state index is 2.42. The summed E-state index contributed by atoms with van der Waals surface area (Å²) in [6, 6.07) is 0. The summed E-state index contributed by atoms with van der Waals surface area (Å²) in [5, 5.41) is 0. The first-order valence-electron chi connectivity index (χ1n) is 3.75. The largest absolute Gasteiger partial charge is 0.0622 e. The number of hydrogen-bond acceptors (Lipinski definition) is 0. The summed E-state index contributed by atoms with van der Waals surface area (Å²) in [5.41, 5.74) is 0.902.